The van der Waals surface area contributed by atoms with E-state index in [1.807, 2.05) is 0 Å². The van der Waals surface area contributed by atoms with Crippen LogP contribution in [0, 0.1) is 5.82 Å². The second-order valence-electron chi connectivity index (χ2n) is 3.38. The van der Waals surface area contributed by atoms with Crippen LogP contribution in [0.25, 0.3) is 5.65 Å². The van der Waals surface area contributed by atoms with Crippen LogP contribution in [0.15, 0.2) is 18.3 Å². The molecule has 2 aromatic rings. The van der Waals surface area contributed by atoms with Gasteiger partial charge in [-0.25, -0.2) is 8.91 Å². The van der Waals surface area contributed by atoms with E-state index in [1.165, 1.54) is 16.6 Å². The van der Waals surface area contributed by atoms with Crippen molar-refractivity contribution in [2.24, 2.45) is 5.73 Å². The number of nitrogens with two attached hydrogens (primary N) is 1. The molecule has 1 amide bonds. The molecule has 2 aromatic heterocycles. The van der Waals surface area contributed by atoms with Crippen molar-refractivity contribution in [2.45, 2.75) is 6.10 Å². The van der Waals surface area contributed by atoms with Crippen molar-refractivity contribution >= 4 is 17.5 Å². The van der Waals surface area contributed by atoms with E-state index in [4.69, 9.17) is 10.8 Å². The number of primary amides is 1. The Hall–Kier alpha value is -2.22. The third-order valence-corrected chi connectivity index (χ3v) is 2.08. The molecule has 0 aliphatic heterocycles. The van der Waals surface area contributed by atoms with Gasteiger partial charge in [-0.2, -0.15) is 4.98 Å². The van der Waals surface area contributed by atoms with Crippen molar-refractivity contribution in [1.29, 1.82) is 0 Å². The maximum Gasteiger partial charge on any atom is 0.248 e. The van der Waals surface area contributed by atoms with E-state index in [1.54, 1.807) is 0 Å². The highest BCUT2D eigenvalue weighted by Gasteiger charge is 2.11. The summed E-state index contributed by atoms with van der Waals surface area (Å²) in [7, 11) is 0. The Labute approximate surface area is 95.1 Å². The van der Waals surface area contributed by atoms with E-state index in [2.05, 4.69) is 15.4 Å². The van der Waals surface area contributed by atoms with Crippen molar-refractivity contribution in [3.05, 3.63) is 24.1 Å². The van der Waals surface area contributed by atoms with Gasteiger partial charge >= 0.3 is 0 Å². The standard InChI is InChI=1S/C9H10FN5O2/c10-5-1-2-7-13-9(14-15(7)4-5)12-3-6(16)8(11)17/h1-2,4,6,16H,3H2,(H2,11,17)(H,12,14). The van der Waals surface area contributed by atoms with Crippen LogP contribution >= 0.6 is 0 Å². The molecule has 8 heteroatoms. The quantitative estimate of drug-likeness (QED) is 0.643. The molecule has 0 fully saturated rings. The minimum absolute atomic E-state index is 0.102. The number of fused-ring (bicyclic) bond motifs is 1. The lowest BCUT2D eigenvalue weighted by Gasteiger charge is -2.05. The van der Waals surface area contributed by atoms with Gasteiger partial charge in [0.2, 0.25) is 11.9 Å². The van der Waals surface area contributed by atoms with Crippen LogP contribution in [-0.4, -0.2) is 38.3 Å². The van der Waals surface area contributed by atoms with E-state index < -0.39 is 17.8 Å². The summed E-state index contributed by atoms with van der Waals surface area (Å²) in [5, 5.41) is 15.7. The maximum absolute atomic E-state index is 12.9. The summed E-state index contributed by atoms with van der Waals surface area (Å²) >= 11 is 0. The molecular weight excluding hydrogens is 229 g/mol. The zero-order valence-electron chi connectivity index (χ0n) is 8.67. The second kappa shape index (κ2) is 4.34. The van der Waals surface area contributed by atoms with E-state index in [0.717, 1.165) is 6.20 Å². The van der Waals surface area contributed by atoms with Gasteiger partial charge in [0.25, 0.3) is 0 Å². The van der Waals surface area contributed by atoms with Crippen LogP contribution in [0.4, 0.5) is 10.3 Å². The minimum Gasteiger partial charge on any atom is -0.381 e. The summed E-state index contributed by atoms with van der Waals surface area (Å²) in [4.78, 5) is 14.6. The lowest BCUT2D eigenvalue weighted by Crippen LogP contribution is -2.34. The summed E-state index contributed by atoms with van der Waals surface area (Å²) < 4.78 is 14.1. The fraction of sp³-hybridized carbons (Fsp3) is 0.222. The summed E-state index contributed by atoms with van der Waals surface area (Å²) in [6, 6.07) is 2.71. The number of carbonyl (C=O) groups is 1. The number of anilines is 1. The Morgan fingerprint density at radius 2 is 2.41 bits per heavy atom. The molecular formula is C9H10FN5O2. The predicted molar refractivity (Wildman–Crippen MR) is 56.6 cm³/mol. The van der Waals surface area contributed by atoms with E-state index >= 15 is 0 Å². The molecule has 0 aromatic carbocycles. The molecule has 2 heterocycles. The minimum atomic E-state index is -1.32. The molecule has 1 atom stereocenters. The molecule has 0 spiro atoms. The number of nitrogens with one attached hydrogen (secondary N) is 1. The maximum atomic E-state index is 12.9. The molecule has 17 heavy (non-hydrogen) atoms. The Bertz CT molecular complexity index is 555. The van der Waals surface area contributed by atoms with Gasteiger partial charge in [0.1, 0.15) is 11.9 Å². The van der Waals surface area contributed by atoms with Crippen LogP contribution in [0.3, 0.4) is 0 Å². The predicted octanol–water partition coefficient (Wildman–Crippen LogP) is -0.874. The lowest BCUT2D eigenvalue weighted by atomic mass is 10.3. The first-order valence-electron chi connectivity index (χ1n) is 4.79. The number of aliphatic hydroxyl groups excluding tert-OH is 1. The summed E-state index contributed by atoms with van der Waals surface area (Å²) in [5.74, 6) is -1.10. The van der Waals surface area contributed by atoms with Crippen LogP contribution in [-0.2, 0) is 4.79 Å². The van der Waals surface area contributed by atoms with Gasteiger partial charge in [0.15, 0.2) is 5.65 Å². The number of hydrogen-bond acceptors (Lipinski definition) is 5. The molecule has 90 valence electrons. The highest BCUT2D eigenvalue weighted by Crippen LogP contribution is 2.06. The third kappa shape index (κ3) is 2.48. The van der Waals surface area contributed by atoms with E-state index in [9.17, 15) is 9.18 Å². The largest absolute Gasteiger partial charge is 0.381 e. The van der Waals surface area contributed by atoms with Gasteiger partial charge in [-0.05, 0) is 12.1 Å². The highest BCUT2D eigenvalue weighted by molar-refractivity contribution is 5.79. The Kier molecular flexibility index (Phi) is 2.88. The number of hydrogen-bond donors (Lipinski definition) is 3. The van der Waals surface area contributed by atoms with Crippen molar-refractivity contribution in [1.82, 2.24) is 14.6 Å². The molecule has 0 aliphatic rings. The molecule has 4 N–H and O–H groups in total. The first-order chi connectivity index (χ1) is 8.06. The van der Waals surface area contributed by atoms with Gasteiger partial charge in [0, 0.05) is 0 Å². The zero-order chi connectivity index (χ0) is 12.4. The molecule has 0 bridgehead atoms. The first kappa shape index (κ1) is 11.3. The second-order valence-corrected chi connectivity index (χ2v) is 3.38. The van der Waals surface area contributed by atoms with Crippen LogP contribution < -0.4 is 11.1 Å². The number of rotatable bonds is 4. The van der Waals surface area contributed by atoms with Crippen LogP contribution in [0.1, 0.15) is 0 Å². The summed E-state index contributed by atoms with van der Waals surface area (Å²) in [6.45, 7) is -0.102. The highest BCUT2D eigenvalue weighted by atomic mass is 19.1. The monoisotopic (exact) mass is 239 g/mol. The van der Waals surface area contributed by atoms with Crippen molar-refractivity contribution in [3.8, 4) is 0 Å². The smallest absolute Gasteiger partial charge is 0.248 e. The number of carbonyl (C=O) groups excluding carboxylic acids is 1. The first-order valence-corrected chi connectivity index (χ1v) is 4.79. The lowest BCUT2D eigenvalue weighted by molar-refractivity contribution is -0.125. The van der Waals surface area contributed by atoms with Crippen molar-refractivity contribution in [2.75, 3.05) is 11.9 Å². The topological polar surface area (TPSA) is 106 Å². The van der Waals surface area contributed by atoms with Gasteiger partial charge in [-0.1, -0.05) is 0 Å². The van der Waals surface area contributed by atoms with Crippen LogP contribution in [0.5, 0.6) is 0 Å². The number of halogens is 1. The fourth-order valence-corrected chi connectivity index (χ4v) is 1.22. The molecule has 7 nitrogen and oxygen atoms in total. The van der Waals surface area contributed by atoms with E-state index in [0.29, 0.717) is 5.65 Å². The van der Waals surface area contributed by atoms with Gasteiger partial charge in [-0.15, -0.1) is 5.10 Å². The number of aromatic nitrogens is 3. The van der Waals surface area contributed by atoms with E-state index in [-0.39, 0.29) is 12.5 Å². The fourth-order valence-electron chi connectivity index (χ4n) is 1.22. The molecule has 2 rings (SSSR count). The Balaban J connectivity index is 2.12. The SMILES string of the molecule is NC(=O)C(O)CNc1nc2ccc(F)cn2n1. The van der Waals surface area contributed by atoms with Crippen molar-refractivity contribution in [3.63, 3.8) is 0 Å². The van der Waals surface area contributed by atoms with Gasteiger partial charge < -0.3 is 16.2 Å². The Morgan fingerprint density at radius 3 is 3.12 bits per heavy atom. The number of nitrogens with zero attached hydrogens (tertiary/aromatic N) is 3. The zero-order valence-corrected chi connectivity index (χ0v) is 8.67. The van der Waals surface area contributed by atoms with Crippen LogP contribution in [0.2, 0.25) is 0 Å². The van der Waals surface area contributed by atoms with Gasteiger partial charge in [-0.3, -0.25) is 4.79 Å². The number of pyridine rings is 1. The molecule has 1 unspecified atom stereocenters. The summed E-state index contributed by atoms with van der Waals surface area (Å²) in [5.41, 5.74) is 5.32. The number of amides is 1. The van der Waals surface area contributed by atoms with Gasteiger partial charge in [0.05, 0.1) is 12.7 Å². The third-order valence-electron chi connectivity index (χ3n) is 2.08. The summed E-state index contributed by atoms with van der Waals surface area (Å²) in [6.07, 6.45) is -0.156. The molecule has 0 aliphatic carbocycles. The molecule has 0 saturated carbocycles. The number of aliphatic hydroxyl groups is 1. The molecule has 0 saturated heterocycles. The molecule has 0 radical (unpaired) electrons. The normalized spacial score (nSPS) is 12.6. The van der Waals surface area contributed by atoms with Crippen molar-refractivity contribution < 1.29 is 14.3 Å². The average Bonchev–Trinajstić information content (AvgIpc) is 2.67. The average molecular weight is 239 g/mol. The Morgan fingerprint density at radius 1 is 1.65 bits per heavy atom.